The van der Waals surface area contributed by atoms with Crippen molar-refractivity contribution in [1.29, 1.82) is 0 Å². The van der Waals surface area contributed by atoms with Gasteiger partial charge < -0.3 is 90.0 Å². The van der Waals surface area contributed by atoms with Crippen LogP contribution in [0.25, 0.3) is 28.4 Å². The Hall–Kier alpha value is -5.68. The molecule has 0 radical (unpaired) electrons. The maximum absolute atomic E-state index is 13.7. The topological polar surface area (TPSA) is 339 Å². The van der Waals surface area contributed by atoms with Gasteiger partial charge in [0.05, 0.1) is 6.61 Å². The molecule has 13 N–H and O–H groups in total. The lowest BCUT2D eigenvalue weighted by Crippen LogP contribution is -2.65. The fourth-order valence-electron chi connectivity index (χ4n) is 6.09. The van der Waals surface area contributed by atoms with E-state index >= 15 is 0 Å². The molecular formula is C36H37NO19. The van der Waals surface area contributed by atoms with Crippen molar-refractivity contribution in [2.24, 2.45) is 0 Å². The number of aromatic hydroxyl groups is 6. The average Bonchev–Trinajstić information content (AvgIpc) is 3.16. The van der Waals surface area contributed by atoms with Crippen molar-refractivity contribution in [2.45, 2.75) is 61.4 Å². The molecule has 2 fully saturated rings. The Kier molecular flexibility index (Phi) is 11.6. The minimum Gasteiger partial charge on any atom is -0.508 e. The van der Waals surface area contributed by atoms with Crippen molar-refractivity contribution in [2.75, 3.05) is 13.2 Å². The Morgan fingerprint density at radius 2 is 1.39 bits per heavy atom. The maximum Gasteiger partial charge on any atom is 0.244 e. The summed E-state index contributed by atoms with van der Waals surface area (Å²) in [6.45, 7) is -1.40. The molecule has 300 valence electrons. The zero-order chi connectivity index (χ0) is 40.6. The van der Waals surface area contributed by atoms with Crippen molar-refractivity contribution >= 4 is 23.0 Å². The summed E-state index contributed by atoms with van der Waals surface area (Å²) in [7, 11) is 0. The zero-order valence-electron chi connectivity index (χ0n) is 28.7. The summed E-state index contributed by atoms with van der Waals surface area (Å²) in [5.41, 5.74) is -1.13. The number of carbonyl (C=O) groups excluding carboxylic acids is 1. The number of aliphatic hydroxyl groups excluding tert-OH is 6. The highest BCUT2D eigenvalue weighted by molar-refractivity contribution is 5.92. The number of ether oxygens (including phenoxy) is 4. The molecule has 2 aliphatic heterocycles. The zero-order valence-corrected chi connectivity index (χ0v) is 28.7. The quantitative estimate of drug-likeness (QED) is 0.0645. The number of fused-ring (bicyclic) bond motifs is 1. The van der Waals surface area contributed by atoms with E-state index in [2.05, 4.69) is 5.32 Å². The first-order valence-corrected chi connectivity index (χ1v) is 16.7. The molecule has 20 nitrogen and oxygen atoms in total. The van der Waals surface area contributed by atoms with Crippen LogP contribution in [0.3, 0.4) is 0 Å². The monoisotopic (exact) mass is 787 g/mol. The summed E-state index contributed by atoms with van der Waals surface area (Å²) >= 11 is 0. The maximum atomic E-state index is 13.7. The molecule has 6 rings (SSSR count). The molecular weight excluding hydrogens is 750 g/mol. The summed E-state index contributed by atoms with van der Waals surface area (Å²) < 4.78 is 28.5. The number of rotatable bonds is 10. The third-order valence-electron chi connectivity index (χ3n) is 9.07. The summed E-state index contributed by atoms with van der Waals surface area (Å²) in [4.78, 5) is 26.2. The van der Waals surface area contributed by atoms with E-state index in [4.69, 9.17) is 23.4 Å². The smallest absolute Gasteiger partial charge is 0.244 e. The van der Waals surface area contributed by atoms with Crippen molar-refractivity contribution in [3.63, 3.8) is 0 Å². The molecule has 3 heterocycles. The van der Waals surface area contributed by atoms with Gasteiger partial charge >= 0.3 is 0 Å². The lowest BCUT2D eigenvalue weighted by atomic mass is 9.96. The second kappa shape index (κ2) is 16.2. The van der Waals surface area contributed by atoms with Gasteiger partial charge in [0, 0.05) is 30.3 Å². The van der Waals surface area contributed by atoms with Gasteiger partial charge in [-0.2, -0.15) is 0 Å². The number of hydrogen-bond donors (Lipinski definition) is 13. The summed E-state index contributed by atoms with van der Waals surface area (Å²) in [5.74, 6) is -5.08. The molecule has 2 aliphatic rings. The molecule has 3 aromatic carbocycles. The SMILES string of the molecule is O=C(/C=C/c1ccc(O)c(O)c1)NC[C@H]1O[C@@H](O[C@H]2[C@H](O)[C@@H](O)[C@H](Oc3c(-c4ccc(O)c(O)c4)oc4cc(O)cc(O)c4c3=O)O[C@@H]2CO)[C@H](O)[C@@H](O)[C@@H]1O. The Balaban J connectivity index is 1.20. The second-order valence-electron chi connectivity index (χ2n) is 12.9. The number of nitrogens with one attached hydrogen (secondary N) is 1. The van der Waals surface area contributed by atoms with Crippen molar-refractivity contribution in [3.8, 4) is 51.6 Å². The predicted octanol–water partition coefficient (Wildman–Crippen LogP) is -1.47. The highest BCUT2D eigenvalue weighted by Crippen LogP contribution is 2.40. The number of phenols is 6. The number of carbonyl (C=O) groups is 1. The molecule has 0 unspecified atom stereocenters. The lowest BCUT2D eigenvalue weighted by Gasteiger charge is -2.46. The number of amides is 1. The minimum atomic E-state index is -2.11. The van der Waals surface area contributed by atoms with Crippen LogP contribution in [0.15, 0.2) is 63.8 Å². The van der Waals surface area contributed by atoms with E-state index in [0.717, 1.165) is 30.3 Å². The van der Waals surface area contributed by atoms with Gasteiger partial charge in [-0.25, -0.2) is 0 Å². The number of benzene rings is 3. The first-order valence-electron chi connectivity index (χ1n) is 16.7. The van der Waals surface area contributed by atoms with Gasteiger partial charge in [-0.3, -0.25) is 9.59 Å². The molecule has 4 aromatic rings. The van der Waals surface area contributed by atoms with E-state index in [0.29, 0.717) is 5.56 Å². The minimum absolute atomic E-state index is 0.0773. The van der Waals surface area contributed by atoms with Crippen LogP contribution in [0.2, 0.25) is 0 Å². The van der Waals surface area contributed by atoms with Gasteiger partial charge in [-0.05, 0) is 42.0 Å². The lowest BCUT2D eigenvalue weighted by molar-refractivity contribution is -0.350. The summed E-state index contributed by atoms with van der Waals surface area (Å²) in [5, 5.41) is 126. The fourth-order valence-corrected chi connectivity index (χ4v) is 6.09. The van der Waals surface area contributed by atoms with Crippen LogP contribution in [-0.2, 0) is 19.0 Å². The highest BCUT2D eigenvalue weighted by Gasteiger charge is 2.51. The molecule has 2 saturated heterocycles. The number of phenolic OH excluding ortho intramolecular Hbond substituents is 6. The molecule has 56 heavy (non-hydrogen) atoms. The van der Waals surface area contributed by atoms with Crippen LogP contribution in [0, 0.1) is 0 Å². The van der Waals surface area contributed by atoms with Crippen LogP contribution in [-0.4, -0.2) is 142 Å². The third kappa shape index (κ3) is 8.00. The number of aliphatic hydroxyl groups is 6. The summed E-state index contributed by atoms with van der Waals surface area (Å²) in [6, 6.07) is 8.92. The molecule has 1 aromatic heterocycles. The van der Waals surface area contributed by atoms with E-state index in [1.165, 1.54) is 30.3 Å². The van der Waals surface area contributed by atoms with E-state index in [1.54, 1.807) is 0 Å². The largest absolute Gasteiger partial charge is 0.508 e. The predicted molar refractivity (Wildman–Crippen MR) is 186 cm³/mol. The Morgan fingerprint density at radius 3 is 2.07 bits per heavy atom. The van der Waals surface area contributed by atoms with Gasteiger partial charge in [0.15, 0.2) is 35.0 Å². The Labute approximate surface area is 314 Å². The Bertz CT molecular complexity index is 2170. The van der Waals surface area contributed by atoms with Gasteiger partial charge in [0.1, 0.15) is 71.3 Å². The molecule has 0 aliphatic carbocycles. The van der Waals surface area contributed by atoms with Crippen LogP contribution in [0.4, 0.5) is 0 Å². The van der Waals surface area contributed by atoms with Crippen LogP contribution < -0.4 is 15.5 Å². The van der Waals surface area contributed by atoms with Crippen LogP contribution in [0.5, 0.6) is 40.2 Å². The van der Waals surface area contributed by atoms with E-state index in [1.807, 2.05) is 0 Å². The standard InChI is InChI=1S/C36H37NO19/c38-12-23-33(55-35-30(50)28(48)26(46)22(53-35)11-37-24(45)6-2-13-1-4-16(40)18(42)7-13)29(49)31(51)36(54-23)56-34-27(47)25-20(44)9-15(39)10-21(25)52-32(34)14-3-5-17(41)19(43)8-14/h1-10,22-23,26,28-31,33,35-36,38-44,46,48-51H,11-12H2,(H,37,45)/b6-2+/t22-,23-,26-,28+,29-,30-,31-,33-,35+,36+/m1/s1. The van der Waals surface area contributed by atoms with Crippen LogP contribution in [0.1, 0.15) is 5.56 Å². The van der Waals surface area contributed by atoms with Crippen LogP contribution >= 0.6 is 0 Å². The molecule has 0 saturated carbocycles. The van der Waals surface area contributed by atoms with Gasteiger partial charge in [0.25, 0.3) is 0 Å². The van der Waals surface area contributed by atoms with Gasteiger partial charge in [-0.1, -0.05) is 6.07 Å². The van der Waals surface area contributed by atoms with Crippen molar-refractivity contribution in [1.82, 2.24) is 5.32 Å². The molecule has 0 spiro atoms. The molecule has 20 heteroatoms. The normalized spacial score (nSPS) is 28.0. The Morgan fingerprint density at radius 1 is 0.732 bits per heavy atom. The highest BCUT2D eigenvalue weighted by atomic mass is 16.7. The number of hydrogen-bond acceptors (Lipinski definition) is 19. The average molecular weight is 788 g/mol. The van der Waals surface area contributed by atoms with Gasteiger partial charge in [0.2, 0.25) is 23.4 Å². The fraction of sp³-hybridized carbons (Fsp3) is 0.333. The first-order chi connectivity index (χ1) is 26.6. The van der Waals surface area contributed by atoms with E-state index < -0.39 is 132 Å². The van der Waals surface area contributed by atoms with E-state index in [-0.39, 0.29) is 16.9 Å². The molecule has 10 atom stereocenters. The molecule has 0 bridgehead atoms. The second-order valence-corrected chi connectivity index (χ2v) is 12.9. The van der Waals surface area contributed by atoms with Crippen molar-refractivity contribution in [3.05, 3.63) is 70.4 Å². The first kappa shape index (κ1) is 40.0. The van der Waals surface area contributed by atoms with Crippen molar-refractivity contribution < 1.29 is 89.4 Å². The molecule has 1 amide bonds. The van der Waals surface area contributed by atoms with E-state index in [9.17, 15) is 70.9 Å². The summed E-state index contributed by atoms with van der Waals surface area (Å²) in [6.07, 6.45) is -16.1. The third-order valence-corrected chi connectivity index (χ3v) is 9.07. The van der Waals surface area contributed by atoms with Gasteiger partial charge in [-0.15, -0.1) is 0 Å².